The molecule has 2 aromatic rings. The molecule has 0 spiro atoms. The summed E-state index contributed by atoms with van der Waals surface area (Å²) in [7, 11) is 0. The molecular formula is C14H15NOS. The van der Waals surface area contributed by atoms with Gasteiger partial charge in [-0.25, -0.2) is 0 Å². The molecule has 0 saturated heterocycles. The van der Waals surface area contributed by atoms with E-state index in [2.05, 4.69) is 24.4 Å². The molecule has 0 aliphatic rings. The third kappa shape index (κ3) is 3.71. The first-order valence-corrected chi connectivity index (χ1v) is 6.51. The van der Waals surface area contributed by atoms with E-state index < -0.39 is 0 Å². The highest BCUT2D eigenvalue weighted by Gasteiger charge is 2.03. The van der Waals surface area contributed by atoms with E-state index in [1.807, 2.05) is 29.0 Å². The lowest BCUT2D eigenvalue weighted by atomic mass is 10.1. The van der Waals surface area contributed by atoms with Crippen molar-refractivity contribution in [2.75, 3.05) is 0 Å². The predicted octanol–water partition coefficient (Wildman–Crippen LogP) is 2.92. The maximum Gasteiger partial charge on any atom is 0.224 e. The van der Waals surface area contributed by atoms with E-state index in [9.17, 15) is 4.79 Å². The van der Waals surface area contributed by atoms with Gasteiger partial charge < -0.3 is 5.32 Å². The average Bonchev–Trinajstić information content (AvgIpc) is 2.81. The molecule has 0 bridgehead atoms. The Labute approximate surface area is 105 Å². The summed E-state index contributed by atoms with van der Waals surface area (Å²) in [5.74, 6) is 0.0731. The molecular weight excluding hydrogens is 230 g/mol. The number of carbonyl (C=O) groups excluding carboxylic acids is 1. The van der Waals surface area contributed by atoms with Gasteiger partial charge in [-0.3, -0.25) is 4.79 Å². The van der Waals surface area contributed by atoms with Crippen LogP contribution in [-0.4, -0.2) is 5.91 Å². The zero-order valence-corrected chi connectivity index (χ0v) is 10.6. The monoisotopic (exact) mass is 245 g/mol. The molecule has 1 amide bonds. The summed E-state index contributed by atoms with van der Waals surface area (Å²) in [6.07, 6.45) is 0.468. The molecule has 88 valence electrons. The SMILES string of the molecule is Cc1ccc(CNC(=O)Cc2ccsc2)cc1. The van der Waals surface area contributed by atoms with Crippen LogP contribution in [0.5, 0.6) is 0 Å². The van der Waals surface area contributed by atoms with E-state index >= 15 is 0 Å². The Kier molecular flexibility index (Phi) is 3.94. The molecule has 0 atom stereocenters. The normalized spacial score (nSPS) is 10.2. The van der Waals surface area contributed by atoms with Crippen LogP contribution in [0.1, 0.15) is 16.7 Å². The molecule has 1 aromatic heterocycles. The van der Waals surface area contributed by atoms with Gasteiger partial charge in [-0.2, -0.15) is 11.3 Å². The Hall–Kier alpha value is -1.61. The Bertz CT molecular complexity index is 473. The number of aryl methyl sites for hydroxylation is 1. The van der Waals surface area contributed by atoms with E-state index in [4.69, 9.17) is 0 Å². The van der Waals surface area contributed by atoms with Crippen LogP contribution in [0.25, 0.3) is 0 Å². The first-order chi connectivity index (χ1) is 8.24. The number of thiophene rings is 1. The highest BCUT2D eigenvalue weighted by molar-refractivity contribution is 7.07. The summed E-state index contributed by atoms with van der Waals surface area (Å²) in [5.41, 5.74) is 3.45. The molecule has 0 saturated carbocycles. The first-order valence-electron chi connectivity index (χ1n) is 5.57. The van der Waals surface area contributed by atoms with Gasteiger partial charge in [-0.15, -0.1) is 0 Å². The van der Waals surface area contributed by atoms with Crippen molar-refractivity contribution in [1.29, 1.82) is 0 Å². The third-order valence-electron chi connectivity index (χ3n) is 2.56. The fourth-order valence-electron chi connectivity index (χ4n) is 1.55. The van der Waals surface area contributed by atoms with Crippen molar-refractivity contribution in [2.24, 2.45) is 0 Å². The van der Waals surface area contributed by atoms with Crippen LogP contribution in [0, 0.1) is 6.92 Å². The number of benzene rings is 1. The summed E-state index contributed by atoms with van der Waals surface area (Å²) in [6, 6.07) is 10.2. The predicted molar refractivity (Wildman–Crippen MR) is 71.0 cm³/mol. The standard InChI is InChI=1S/C14H15NOS/c1-11-2-4-12(5-3-11)9-15-14(16)8-13-6-7-17-10-13/h2-7,10H,8-9H2,1H3,(H,15,16). The van der Waals surface area contributed by atoms with Crippen LogP contribution in [0.15, 0.2) is 41.1 Å². The van der Waals surface area contributed by atoms with E-state index in [0.29, 0.717) is 13.0 Å². The summed E-state index contributed by atoms with van der Waals surface area (Å²) >= 11 is 1.62. The Balaban J connectivity index is 1.82. The van der Waals surface area contributed by atoms with Crippen LogP contribution in [-0.2, 0) is 17.8 Å². The quantitative estimate of drug-likeness (QED) is 0.881. The maximum absolute atomic E-state index is 11.6. The average molecular weight is 245 g/mol. The minimum Gasteiger partial charge on any atom is -0.352 e. The lowest BCUT2D eigenvalue weighted by Gasteiger charge is -2.05. The molecule has 17 heavy (non-hydrogen) atoms. The molecule has 0 fully saturated rings. The topological polar surface area (TPSA) is 29.1 Å². The van der Waals surface area contributed by atoms with Crippen LogP contribution >= 0.6 is 11.3 Å². The maximum atomic E-state index is 11.6. The van der Waals surface area contributed by atoms with Crippen molar-refractivity contribution in [1.82, 2.24) is 5.32 Å². The summed E-state index contributed by atoms with van der Waals surface area (Å²) in [4.78, 5) is 11.6. The molecule has 3 heteroatoms. The van der Waals surface area contributed by atoms with Gasteiger partial charge >= 0.3 is 0 Å². The molecule has 0 aliphatic carbocycles. The Morgan fingerprint density at radius 3 is 2.59 bits per heavy atom. The fourth-order valence-corrected chi connectivity index (χ4v) is 2.22. The molecule has 0 aliphatic heterocycles. The summed E-state index contributed by atoms with van der Waals surface area (Å²) in [5, 5.41) is 6.92. The van der Waals surface area contributed by atoms with Gasteiger partial charge in [0.05, 0.1) is 6.42 Å². The highest BCUT2D eigenvalue weighted by atomic mass is 32.1. The van der Waals surface area contributed by atoms with E-state index in [1.54, 1.807) is 11.3 Å². The second-order valence-electron chi connectivity index (χ2n) is 4.07. The lowest BCUT2D eigenvalue weighted by Crippen LogP contribution is -2.24. The van der Waals surface area contributed by atoms with Gasteiger partial charge in [0.1, 0.15) is 0 Å². The number of carbonyl (C=O) groups is 1. The highest BCUT2D eigenvalue weighted by Crippen LogP contribution is 2.07. The third-order valence-corrected chi connectivity index (χ3v) is 3.29. The molecule has 0 radical (unpaired) electrons. The van der Waals surface area contributed by atoms with Gasteiger partial charge in [0.25, 0.3) is 0 Å². The van der Waals surface area contributed by atoms with E-state index in [-0.39, 0.29) is 5.91 Å². The van der Waals surface area contributed by atoms with Gasteiger partial charge in [0, 0.05) is 6.54 Å². The molecule has 1 heterocycles. The molecule has 1 N–H and O–H groups in total. The van der Waals surface area contributed by atoms with Crippen molar-refractivity contribution >= 4 is 17.2 Å². The first kappa shape index (κ1) is 11.9. The second-order valence-corrected chi connectivity index (χ2v) is 4.85. The summed E-state index contributed by atoms with van der Waals surface area (Å²) < 4.78 is 0. The minimum atomic E-state index is 0.0731. The van der Waals surface area contributed by atoms with Crippen LogP contribution in [0.3, 0.4) is 0 Å². The molecule has 1 aromatic carbocycles. The van der Waals surface area contributed by atoms with E-state index in [0.717, 1.165) is 11.1 Å². The second kappa shape index (κ2) is 5.64. The van der Waals surface area contributed by atoms with Gasteiger partial charge in [-0.1, -0.05) is 29.8 Å². The summed E-state index contributed by atoms with van der Waals surface area (Å²) in [6.45, 7) is 2.65. The van der Waals surface area contributed by atoms with Gasteiger partial charge in [0.15, 0.2) is 0 Å². The van der Waals surface area contributed by atoms with Gasteiger partial charge in [-0.05, 0) is 34.9 Å². The Morgan fingerprint density at radius 1 is 1.18 bits per heavy atom. The fraction of sp³-hybridized carbons (Fsp3) is 0.214. The molecule has 0 unspecified atom stereocenters. The largest absolute Gasteiger partial charge is 0.352 e. The molecule has 2 nitrogen and oxygen atoms in total. The number of hydrogen-bond acceptors (Lipinski definition) is 2. The van der Waals surface area contributed by atoms with Gasteiger partial charge in [0.2, 0.25) is 5.91 Å². The Morgan fingerprint density at radius 2 is 1.94 bits per heavy atom. The molecule has 2 rings (SSSR count). The number of rotatable bonds is 4. The smallest absolute Gasteiger partial charge is 0.224 e. The van der Waals surface area contributed by atoms with E-state index in [1.165, 1.54) is 5.56 Å². The van der Waals surface area contributed by atoms with Crippen LogP contribution in [0.4, 0.5) is 0 Å². The zero-order chi connectivity index (χ0) is 12.1. The van der Waals surface area contributed by atoms with Crippen LogP contribution in [0.2, 0.25) is 0 Å². The number of hydrogen-bond donors (Lipinski definition) is 1. The van der Waals surface area contributed by atoms with Crippen LogP contribution < -0.4 is 5.32 Å². The minimum absolute atomic E-state index is 0.0731. The van der Waals surface area contributed by atoms with Crippen molar-refractivity contribution in [3.63, 3.8) is 0 Å². The van der Waals surface area contributed by atoms with Crippen molar-refractivity contribution in [2.45, 2.75) is 19.9 Å². The zero-order valence-electron chi connectivity index (χ0n) is 9.77. The lowest BCUT2D eigenvalue weighted by molar-refractivity contribution is -0.120. The van der Waals surface area contributed by atoms with Crippen molar-refractivity contribution in [3.8, 4) is 0 Å². The number of amides is 1. The number of nitrogens with one attached hydrogen (secondary N) is 1. The van der Waals surface area contributed by atoms with Crippen molar-refractivity contribution in [3.05, 3.63) is 57.8 Å². The van der Waals surface area contributed by atoms with Crippen molar-refractivity contribution < 1.29 is 4.79 Å².